The molecule has 1 aliphatic rings. The van der Waals surface area contributed by atoms with Gasteiger partial charge in [-0.05, 0) is 89.6 Å². The van der Waals surface area contributed by atoms with E-state index in [0.717, 1.165) is 22.2 Å². The van der Waals surface area contributed by atoms with Crippen LogP contribution in [0, 0.1) is 6.57 Å². The molecule has 55 heavy (non-hydrogen) atoms. The van der Waals surface area contributed by atoms with Crippen molar-refractivity contribution in [2.75, 3.05) is 0 Å². The average Bonchev–Trinajstić information content (AvgIpc) is 3.47. The molecule has 2 heteroatoms. The monoisotopic (exact) mass is 698 g/mol. The van der Waals surface area contributed by atoms with Crippen molar-refractivity contribution in [1.29, 1.82) is 0 Å². The summed E-state index contributed by atoms with van der Waals surface area (Å²) in [5.74, 6) is 0. The summed E-state index contributed by atoms with van der Waals surface area (Å²) in [6.45, 7) is 12.2. The fourth-order valence-electron chi connectivity index (χ4n) is 9.39. The molecule has 0 N–H and O–H groups in total. The van der Waals surface area contributed by atoms with Crippen LogP contribution in [0.15, 0.2) is 170 Å². The first-order valence-corrected chi connectivity index (χ1v) is 18.9. The van der Waals surface area contributed by atoms with Gasteiger partial charge in [-0.3, -0.25) is 0 Å². The summed E-state index contributed by atoms with van der Waals surface area (Å²) in [6, 6.07) is 61.5. The molecule has 0 aliphatic heterocycles. The van der Waals surface area contributed by atoms with E-state index in [9.17, 15) is 0 Å². The van der Waals surface area contributed by atoms with Crippen LogP contribution in [0.4, 0.5) is 5.69 Å². The summed E-state index contributed by atoms with van der Waals surface area (Å²) in [5.41, 5.74) is 13.3. The van der Waals surface area contributed by atoms with Crippen LogP contribution in [0.1, 0.15) is 25.0 Å². The van der Waals surface area contributed by atoms with Crippen LogP contribution in [0.25, 0.3) is 103 Å². The topological polar surface area (TPSA) is 17.2 Å². The number of nitrogens with zero attached hydrogens (tertiary/aromatic N) is 2. The van der Waals surface area contributed by atoms with Crippen molar-refractivity contribution in [3.05, 3.63) is 192 Å². The molecule has 0 saturated heterocycles. The van der Waals surface area contributed by atoms with Crippen molar-refractivity contribution < 1.29 is 0 Å². The van der Waals surface area contributed by atoms with Gasteiger partial charge >= 0.3 is 0 Å². The van der Waals surface area contributed by atoms with Gasteiger partial charge in [0.2, 0.25) is 0 Å². The van der Waals surface area contributed by atoms with E-state index in [0.29, 0.717) is 5.69 Å². The highest BCUT2D eigenvalue weighted by Gasteiger charge is 2.35. The van der Waals surface area contributed by atoms with Gasteiger partial charge in [0, 0.05) is 32.5 Å². The third-order valence-corrected chi connectivity index (χ3v) is 12.0. The molecule has 10 aromatic rings. The van der Waals surface area contributed by atoms with E-state index in [4.69, 9.17) is 11.6 Å². The Bertz CT molecular complexity index is 3290. The molecule has 256 valence electrons. The van der Waals surface area contributed by atoms with E-state index in [2.05, 4.69) is 182 Å². The van der Waals surface area contributed by atoms with E-state index < -0.39 is 0 Å². The molecule has 2 nitrogen and oxygen atoms in total. The number of hydrogen-bond donors (Lipinski definition) is 0. The first-order valence-electron chi connectivity index (χ1n) is 18.9. The summed E-state index contributed by atoms with van der Waals surface area (Å²) < 4.78 is 0. The quantitative estimate of drug-likeness (QED) is 0.133. The van der Waals surface area contributed by atoms with E-state index in [1.807, 2.05) is 6.07 Å². The molecule has 1 aliphatic carbocycles. The summed E-state index contributed by atoms with van der Waals surface area (Å²) in [5, 5.41) is 10.9. The van der Waals surface area contributed by atoms with Gasteiger partial charge in [-0.15, -0.1) is 0 Å². The Labute approximate surface area is 319 Å². The number of rotatable bonds is 3. The molecule has 0 spiro atoms. The Hall–Kier alpha value is -7.08. The van der Waals surface area contributed by atoms with Gasteiger partial charge < -0.3 is 0 Å². The summed E-state index contributed by atoms with van der Waals surface area (Å²) >= 11 is 0. The van der Waals surface area contributed by atoms with Crippen molar-refractivity contribution >= 4 is 59.7 Å². The molecule has 9 aromatic carbocycles. The van der Waals surface area contributed by atoms with Gasteiger partial charge in [-0.2, -0.15) is 0 Å². The second kappa shape index (κ2) is 11.7. The second-order valence-corrected chi connectivity index (χ2v) is 15.3. The number of hydrogen-bond acceptors (Lipinski definition) is 1. The zero-order valence-corrected chi connectivity index (χ0v) is 30.6. The number of fused-ring (bicyclic) bond motifs is 13. The molecular weight excluding hydrogens is 665 g/mol. The summed E-state index contributed by atoms with van der Waals surface area (Å²) in [4.78, 5) is 9.35. The zero-order chi connectivity index (χ0) is 36.8. The Kier molecular flexibility index (Phi) is 6.70. The normalized spacial score (nSPS) is 13.0. The molecular formula is C53H34N2. The van der Waals surface area contributed by atoms with Gasteiger partial charge in [0.25, 0.3) is 0 Å². The highest BCUT2D eigenvalue weighted by molar-refractivity contribution is 6.36. The van der Waals surface area contributed by atoms with Gasteiger partial charge in [-0.1, -0.05) is 166 Å². The van der Waals surface area contributed by atoms with Crippen molar-refractivity contribution in [3.8, 4) is 44.6 Å². The van der Waals surface area contributed by atoms with Gasteiger partial charge in [0.1, 0.15) is 0 Å². The number of aromatic nitrogens is 1. The second-order valence-electron chi connectivity index (χ2n) is 15.3. The molecule has 1 heterocycles. The van der Waals surface area contributed by atoms with E-state index in [1.165, 1.54) is 87.6 Å². The van der Waals surface area contributed by atoms with Gasteiger partial charge in [-0.25, -0.2) is 9.83 Å². The Balaban J connectivity index is 1.18. The fourth-order valence-corrected chi connectivity index (χ4v) is 9.39. The largest absolute Gasteiger partial charge is 0.246 e. The molecule has 11 rings (SSSR count). The van der Waals surface area contributed by atoms with Crippen molar-refractivity contribution in [1.82, 2.24) is 4.98 Å². The first-order chi connectivity index (χ1) is 27.0. The minimum absolute atomic E-state index is 0.202. The Morgan fingerprint density at radius 2 is 0.982 bits per heavy atom. The predicted octanol–water partition coefficient (Wildman–Crippen LogP) is 14.7. The van der Waals surface area contributed by atoms with Crippen LogP contribution < -0.4 is 0 Å². The molecule has 0 unspecified atom stereocenters. The molecule has 0 amide bonds. The lowest BCUT2D eigenvalue weighted by Gasteiger charge is -2.22. The van der Waals surface area contributed by atoms with Crippen LogP contribution in [0.2, 0.25) is 0 Å². The molecule has 0 atom stereocenters. The smallest absolute Gasteiger partial charge is 0.187 e. The molecule has 0 radical (unpaired) electrons. The highest BCUT2D eigenvalue weighted by atomic mass is 14.7. The minimum atomic E-state index is -0.202. The van der Waals surface area contributed by atoms with Crippen molar-refractivity contribution in [2.45, 2.75) is 19.3 Å². The van der Waals surface area contributed by atoms with Crippen LogP contribution in [0.5, 0.6) is 0 Å². The van der Waals surface area contributed by atoms with Gasteiger partial charge in [0.05, 0.1) is 17.8 Å². The van der Waals surface area contributed by atoms with Crippen molar-refractivity contribution in [3.63, 3.8) is 0 Å². The molecule has 0 fully saturated rings. The van der Waals surface area contributed by atoms with E-state index >= 15 is 0 Å². The first kappa shape index (κ1) is 31.4. The van der Waals surface area contributed by atoms with Crippen LogP contribution in [-0.4, -0.2) is 4.98 Å². The van der Waals surface area contributed by atoms with E-state index in [-0.39, 0.29) is 5.41 Å². The predicted molar refractivity (Wildman–Crippen MR) is 232 cm³/mol. The highest BCUT2D eigenvalue weighted by Crippen LogP contribution is 2.51. The van der Waals surface area contributed by atoms with Crippen LogP contribution in [-0.2, 0) is 5.41 Å². The van der Waals surface area contributed by atoms with Crippen molar-refractivity contribution in [2.24, 2.45) is 0 Å². The number of pyridine rings is 1. The maximum absolute atomic E-state index is 7.60. The Morgan fingerprint density at radius 1 is 0.418 bits per heavy atom. The van der Waals surface area contributed by atoms with Crippen LogP contribution >= 0.6 is 0 Å². The lowest BCUT2D eigenvalue weighted by atomic mass is 9.81. The Morgan fingerprint density at radius 3 is 1.73 bits per heavy atom. The lowest BCUT2D eigenvalue weighted by molar-refractivity contribution is 0.661. The third kappa shape index (κ3) is 4.57. The average molecular weight is 699 g/mol. The molecule has 0 saturated carbocycles. The summed E-state index contributed by atoms with van der Waals surface area (Å²) in [7, 11) is 0. The standard InChI is InChI=1S/C53H34N2/c1-53(2)47-29-34(24-26-40(47)41-27-25-36(54-3)30-48(41)53)33-16-13-17-35(28-33)45-31-46-49(42-21-10-8-20-39(42)45)50-43-22-11-7-18-37(43)38-19-9-12-23-44(38)52(50)55-51(46)32-14-5-4-6-15-32/h4-31H,1-2H3. The van der Waals surface area contributed by atoms with Crippen LogP contribution in [0.3, 0.4) is 0 Å². The fraction of sp³-hybridized carbons (Fsp3) is 0.0566. The van der Waals surface area contributed by atoms with Gasteiger partial charge in [0.15, 0.2) is 5.69 Å². The SMILES string of the molecule is [C-]#[N+]c1ccc2c(c1)C(C)(C)c1cc(-c3cccc(-c4cc5c(-c6ccccc6)nc6c7ccccc7c7ccccc7c6c5c5ccccc45)c3)ccc1-2. The maximum Gasteiger partial charge on any atom is 0.187 e. The third-order valence-electron chi connectivity index (χ3n) is 12.0. The molecule has 1 aromatic heterocycles. The molecule has 0 bridgehead atoms. The van der Waals surface area contributed by atoms with E-state index in [1.54, 1.807) is 0 Å². The summed E-state index contributed by atoms with van der Waals surface area (Å²) in [6.07, 6.45) is 0. The zero-order valence-electron chi connectivity index (χ0n) is 30.6. The lowest BCUT2D eigenvalue weighted by Crippen LogP contribution is -2.14. The number of benzene rings is 9. The minimum Gasteiger partial charge on any atom is -0.246 e. The maximum atomic E-state index is 7.60.